The summed E-state index contributed by atoms with van der Waals surface area (Å²) in [5.41, 5.74) is 0.306. The largest absolute Gasteiger partial charge is 0.462 e. The second-order valence-corrected chi connectivity index (χ2v) is 4.86. The molecule has 18 heavy (non-hydrogen) atoms. The minimum Gasteiger partial charge on any atom is -0.462 e. The first kappa shape index (κ1) is 17.3. The molecule has 0 spiro atoms. The summed E-state index contributed by atoms with van der Waals surface area (Å²) >= 11 is 7.61. The summed E-state index contributed by atoms with van der Waals surface area (Å²) < 4.78 is 4.96. The minimum atomic E-state index is -0.437. The minimum absolute atomic E-state index is 0.306. The number of aliphatic imine (C=N–C) groups is 1. The van der Waals surface area contributed by atoms with Crippen LogP contribution in [0, 0.1) is 0 Å². The van der Waals surface area contributed by atoms with Crippen LogP contribution >= 0.6 is 23.4 Å². The zero-order valence-corrected chi connectivity index (χ0v) is 12.9. The topological polar surface area (TPSA) is 38.7 Å². The van der Waals surface area contributed by atoms with Crippen molar-refractivity contribution in [3.63, 3.8) is 0 Å². The van der Waals surface area contributed by atoms with Gasteiger partial charge in [0.1, 0.15) is 0 Å². The molecule has 0 radical (unpaired) electrons. The van der Waals surface area contributed by atoms with Crippen molar-refractivity contribution in [1.29, 1.82) is 0 Å². The van der Waals surface area contributed by atoms with Crippen molar-refractivity contribution in [3.8, 4) is 0 Å². The fourth-order valence-corrected chi connectivity index (χ4v) is 1.40. The van der Waals surface area contributed by atoms with E-state index in [9.17, 15) is 4.79 Å². The number of halogens is 1. The van der Waals surface area contributed by atoms with E-state index in [4.69, 9.17) is 16.3 Å². The first-order valence-corrected chi connectivity index (χ1v) is 7.48. The molecule has 0 rings (SSSR count). The van der Waals surface area contributed by atoms with E-state index in [-0.39, 0.29) is 0 Å². The maximum absolute atomic E-state index is 11.8. The van der Waals surface area contributed by atoms with E-state index in [2.05, 4.69) is 4.99 Å². The first-order valence-electron chi connectivity index (χ1n) is 5.88. The Hall–Kier alpha value is -0.740. The number of hydrogen-bond acceptors (Lipinski definition) is 4. The van der Waals surface area contributed by atoms with E-state index >= 15 is 0 Å². The highest BCUT2D eigenvalue weighted by Gasteiger charge is 2.13. The average molecular weight is 290 g/mol. The van der Waals surface area contributed by atoms with Gasteiger partial charge in [0.2, 0.25) is 0 Å². The van der Waals surface area contributed by atoms with Gasteiger partial charge in [-0.1, -0.05) is 31.0 Å². The number of carbonyl (C=O) groups excluding carboxylic acids is 1. The number of nitrogens with zero attached hydrogens (tertiary/aromatic N) is 1. The Morgan fingerprint density at radius 2 is 2.11 bits per heavy atom. The van der Waals surface area contributed by atoms with Gasteiger partial charge in [0.25, 0.3) is 0 Å². The number of thioether (sulfide) groups is 1. The van der Waals surface area contributed by atoms with Gasteiger partial charge >= 0.3 is 5.97 Å². The Kier molecular flexibility index (Phi) is 9.79. The van der Waals surface area contributed by atoms with Crippen LogP contribution in [0.2, 0.25) is 0 Å². The van der Waals surface area contributed by atoms with Crippen LogP contribution in [0.3, 0.4) is 0 Å². The first-order chi connectivity index (χ1) is 8.56. The number of carbonyl (C=O) groups is 1. The van der Waals surface area contributed by atoms with E-state index in [1.165, 1.54) is 18.0 Å². The van der Waals surface area contributed by atoms with Gasteiger partial charge < -0.3 is 4.74 Å². The lowest BCUT2D eigenvalue weighted by atomic mass is 10.2. The van der Waals surface area contributed by atoms with Crippen LogP contribution in [0.4, 0.5) is 0 Å². The average Bonchev–Trinajstić information content (AvgIpc) is 2.36. The highest BCUT2D eigenvalue weighted by atomic mass is 35.5. The molecule has 0 aromatic rings. The number of rotatable bonds is 6. The van der Waals surface area contributed by atoms with Crippen molar-refractivity contribution in [2.75, 3.05) is 12.9 Å². The zero-order chi connectivity index (χ0) is 14.0. The number of unbranched alkanes of at least 4 members (excludes halogenated alkanes) is 1. The molecule has 102 valence electrons. The van der Waals surface area contributed by atoms with Crippen LogP contribution in [0.25, 0.3) is 0 Å². The molecule has 0 unspecified atom stereocenters. The molecule has 0 saturated heterocycles. The van der Waals surface area contributed by atoms with E-state index in [0.717, 1.165) is 17.9 Å². The van der Waals surface area contributed by atoms with Gasteiger partial charge in [-0.2, -0.15) is 0 Å². The molecule has 0 aliphatic rings. The summed E-state index contributed by atoms with van der Waals surface area (Å²) in [4.78, 5) is 15.9. The fourth-order valence-electron chi connectivity index (χ4n) is 1.01. The van der Waals surface area contributed by atoms with Crippen LogP contribution in [0.15, 0.2) is 27.9 Å². The van der Waals surface area contributed by atoms with Gasteiger partial charge in [-0.15, -0.1) is 11.8 Å². The van der Waals surface area contributed by atoms with Gasteiger partial charge in [-0.25, -0.2) is 4.79 Å². The summed E-state index contributed by atoms with van der Waals surface area (Å²) in [6.45, 7) is 5.99. The molecule has 5 heteroatoms. The Morgan fingerprint density at radius 1 is 1.44 bits per heavy atom. The summed E-state index contributed by atoms with van der Waals surface area (Å²) in [7, 11) is 0. The van der Waals surface area contributed by atoms with Crippen molar-refractivity contribution in [2.24, 2.45) is 4.99 Å². The van der Waals surface area contributed by atoms with Crippen LogP contribution < -0.4 is 0 Å². The zero-order valence-electron chi connectivity index (χ0n) is 11.3. The van der Waals surface area contributed by atoms with Crippen LogP contribution in [0.5, 0.6) is 0 Å². The lowest BCUT2D eigenvalue weighted by Gasteiger charge is -2.05. The van der Waals surface area contributed by atoms with Crippen molar-refractivity contribution in [2.45, 2.75) is 33.6 Å². The fraction of sp³-hybridized carbons (Fsp3) is 0.538. The summed E-state index contributed by atoms with van der Waals surface area (Å²) in [6.07, 6.45) is 7.00. The van der Waals surface area contributed by atoms with E-state index in [0.29, 0.717) is 17.2 Å². The van der Waals surface area contributed by atoms with Gasteiger partial charge in [-0.3, -0.25) is 4.99 Å². The molecule has 0 aliphatic heterocycles. The molecule has 0 amide bonds. The van der Waals surface area contributed by atoms with Crippen LogP contribution in [-0.4, -0.2) is 23.9 Å². The Bertz CT molecular complexity index is 362. The number of allylic oxidation sites excluding steroid dienone is 1. The molecular formula is C13H20ClNO2S. The monoisotopic (exact) mass is 289 g/mol. The maximum atomic E-state index is 11.8. The SMILES string of the molecule is CCC/C=C(Cl)/C(=C\N=C(C)SC)C(=O)OCC. The lowest BCUT2D eigenvalue weighted by Crippen LogP contribution is -2.08. The molecule has 0 heterocycles. The van der Waals surface area contributed by atoms with Crippen LogP contribution in [-0.2, 0) is 9.53 Å². The van der Waals surface area contributed by atoms with E-state index < -0.39 is 5.97 Å². The van der Waals surface area contributed by atoms with Crippen molar-refractivity contribution >= 4 is 34.4 Å². The molecule has 0 aromatic carbocycles. The normalized spacial score (nSPS) is 13.7. The summed E-state index contributed by atoms with van der Waals surface area (Å²) in [6, 6.07) is 0. The lowest BCUT2D eigenvalue weighted by molar-refractivity contribution is -0.138. The second-order valence-electron chi connectivity index (χ2n) is 3.46. The molecular weight excluding hydrogens is 270 g/mol. The number of hydrogen-bond donors (Lipinski definition) is 0. The third-order valence-electron chi connectivity index (χ3n) is 2.04. The van der Waals surface area contributed by atoms with Gasteiger partial charge in [0, 0.05) is 6.20 Å². The Balaban J connectivity index is 5.11. The molecule has 0 aliphatic carbocycles. The van der Waals surface area contributed by atoms with Gasteiger partial charge in [-0.05, 0) is 26.5 Å². The Labute approximate surface area is 118 Å². The smallest absolute Gasteiger partial charge is 0.341 e. The van der Waals surface area contributed by atoms with Crippen molar-refractivity contribution in [1.82, 2.24) is 0 Å². The second kappa shape index (κ2) is 10.2. The van der Waals surface area contributed by atoms with Gasteiger partial charge in [0.05, 0.1) is 22.3 Å². The quantitative estimate of drug-likeness (QED) is 0.242. The Morgan fingerprint density at radius 3 is 2.61 bits per heavy atom. The van der Waals surface area contributed by atoms with Crippen molar-refractivity contribution < 1.29 is 9.53 Å². The third kappa shape index (κ3) is 6.87. The van der Waals surface area contributed by atoms with E-state index in [1.807, 2.05) is 26.2 Å². The maximum Gasteiger partial charge on any atom is 0.341 e. The number of ether oxygens (including phenoxy) is 1. The van der Waals surface area contributed by atoms with Crippen molar-refractivity contribution in [3.05, 3.63) is 22.9 Å². The summed E-state index contributed by atoms with van der Waals surface area (Å²) in [5.74, 6) is -0.437. The van der Waals surface area contributed by atoms with Crippen LogP contribution in [0.1, 0.15) is 33.6 Å². The molecule has 0 saturated carbocycles. The standard InChI is InChI=1S/C13H20ClNO2S/c1-5-7-8-12(14)11(13(16)17-6-2)9-15-10(3)18-4/h8-9H,5-7H2,1-4H3/b11-9+,12-8-,15-10?. The van der Waals surface area contributed by atoms with Gasteiger partial charge in [0.15, 0.2) is 0 Å². The highest BCUT2D eigenvalue weighted by molar-refractivity contribution is 8.13. The highest BCUT2D eigenvalue weighted by Crippen LogP contribution is 2.18. The molecule has 0 N–H and O–H groups in total. The molecule has 0 fully saturated rings. The molecule has 0 aromatic heterocycles. The molecule has 3 nitrogen and oxygen atoms in total. The summed E-state index contributed by atoms with van der Waals surface area (Å²) in [5, 5.41) is 1.25. The predicted molar refractivity (Wildman–Crippen MR) is 80.2 cm³/mol. The van der Waals surface area contributed by atoms with E-state index in [1.54, 1.807) is 6.92 Å². The molecule has 0 bridgehead atoms. The molecule has 0 atom stereocenters. The third-order valence-corrected chi connectivity index (χ3v) is 3.09. The predicted octanol–water partition coefficient (Wildman–Crippen LogP) is 4.14. The number of esters is 1.